The normalized spacial score (nSPS) is 10.1. The number of carbonyl (C=O) groups is 2. The number of phenols is 1. The van der Waals surface area contributed by atoms with Crippen molar-refractivity contribution in [1.29, 1.82) is 0 Å². The fourth-order valence-electron chi connectivity index (χ4n) is 2.12. The Kier molecular flexibility index (Phi) is 6.68. The molecule has 0 fully saturated rings. The lowest BCUT2D eigenvalue weighted by atomic mass is 10.2. The number of hydrogen-bond donors (Lipinski definition) is 2. The summed E-state index contributed by atoms with van der Waals surface area (Å²) in [6.45, 7) is -0.267. The molecule has 2 aromatic rings. The Morgan fingerprint density at radius 3 is 2.50 bits per heavy atom. The van der Waals surface area contributed by atoms with Crippen molar-refractivity contribution in [1.82, 2.24) is 5.32 Å². The number of esters is 1. The highest BCUT2D eigenvalue weighted by atomic mass is 35.5. The molecule has 26 heavy (non-hydrogen) atoms. The van der Waals surface area contributed by atoms with E-state index < -0.39 is 18.5 Å². The molecule has 0 bridgehead atoms. The second-order valence-corrected chi connectivity index (χ2v) is 5.64. The van der Waals surface area contributed by atoms with Gasteiger partial charge in [-0.3, -0.25) is 4.79 Å². The maximum Gasteiger partial charge on any atom is 0.342 e. The zero-order valence-electron chi connectivity index (χ0n) is 14.2. The molecule has 0 aliphatic rings. The van der Waals surface area contributed by atoms with Gasteiger partial charge in [-0.1, -0.05) is 17.7 Å². The third-order valence-corrected chi connectivity index (χ3v) is 3.69. The third kappa shape index (κ3) is 5.03. The van der Waals surface area contributed by atoms with E-state index in [9.17, 15) is 14.7 Å². The summed E-state index contributed by atoms with van der Waals surface area (Å²) in [6, 6.07) is 9.20. The second-order valence-electron chi connectivity index (χ2n) is 5.20. The summed E-state index contributed by atoms with van der Waals surface area (Å²) in [5, 5.41) is 12.5. The lowest BCUT2D eigenvalue weighted by molar-refractivity contribution is -0.124. The summed E-state index contributed by atoms with van der Waals surface area (Å²) in [4.78, 5) is 23.7. The summed E-state index contributed by atoms with van der Waals surface area (Å²) in [7, 11) is 3.05. The molecule has 2 aromatic carbocycles. The summed E-state index contributed by atoms with van der Waals surface area (Å²) in [5.74, 6) is -0.481. The van der Waals surface area contributed by atoms with Crippen molar-refractivity contribution in [2.75, 3.05) is 20.8 Å². The van der Waals surface area contributed by atoms with E-state index in [-0.39, 0.29) is 22.9 Å². The van der Waals surface area contributed by atoms with E-state index in [2.05, 4.69) is 5.32 Å². The zero-order valence-corrected chi connectivity index (χ0v) is 15.0. The van der Waals surface area contributed by atoms with Gasteiger partial charge in [0.05, 0.1) is 14.2 Å². The average molecular weight is 380 g/mol. The smallest absolute Gasteiger partial charge is 0.342 e. The molecule has 2 N–H and O–H groups in total. The Balaban J connectivity index is 1.87. The molecule has 0 spiro atoms. The van der Waals surface area contributed by atoms with Crippen LogP contribution < -0.4 is 14.8 Å². The Hall–Kier alpha value is -2.93. The first-order valence-corrected chi connectivity index (χ1v) is 7.95. The molecule has 2 rings (SSSR count). The molecule has 0 atom stereocenters. The minimum absolute atomic E-state index is 0.106. The van der Waals surface area contributed by atoms with Gasteiger partial charge >= 0.3 is 5.97 Å². The van der Waals surface area contributed by atoms with E-state index >= 15 is 0 Å². The number of nitrogens with one attached hydrogen (secondary N) is 1. The summed E-state index contributed by atoms with van der Waals surface area (Å²) >= 11 is 5.77. The van der Waals surface area contributed by atoms with Crippen LogP contribution in [0.5, 0.6) is 17.2 Å². The molecule has 0 aromatic heterocycles. The van der Waals surface area contributed by atoms with Crippen LogP contribution in [0.15, 0.2) is 36.4 Å². The van der Waals surface area contributed by atoms with Gasteiger partial charge in [-0.15, -0.1) is 0 Å². The van der Waals surface area contributed by atoms with Crippen molar-refractivity contribution in [3.05, 3.63) is 52.5 Å². The molecule has 0 aliphatic heterocycles. The van der Waals surface area contributed by atoms with Crippen LogP contribution in [-0.4, -0.2) is 37.8 Å². The van der Waals surface area contributed by atoms with E-state index in [1.807, 2.05) is 0 Å². The van der Waals surface area contributed by atoms with Crippen molar-refractivity contribution < 1.29 is 28.9 Å². The SMILES string of the molecule is COc1ccc(CNC(=O)COC(=O)c2cc(Cl)ccc2O)cc1OC. The maximum atomic E-state index is 11.9. The van der Waals surface area contributed by atoms with Crippen LogP contribution in [0.1, 0.15) is 15.9 Å². The second kappa shape index (κ2) is 8.96. The molecule has 0 unspecified atom stereocenters. The summed E-state index contributed by atoms with van der Waals surface area (Å²) in [6.07, 6.45) is 0. The lowest BCUT2D eigenvalue weighted by Gasteiger charge is -2.11. The number of amides is 1. The number of halogens is 1. The minimum Gasteiger partial charge on any atom is -0.507 e. The average Bonchev–Trinajstić information content (AvgIpc) is 2.65. The number of methoxy groups -OCH3 is 2. The highest BCUT2D eigenvalue weighted by Crippen LogP contribution is 2.27. The first-order chi connectivity index (χ1) is 12.4. The van der Waals surface area contributed by atoms with Crippen LogP contribution >= 0.6 is 11.6 Å². The van der Waals surface area contributed by atoms with E-state index in [1.165, 1.54) is 32.4 Å². The molecular weight excluding hydrogens is 362 g/mol. The van der Waals surface area contributed by atoms with Crippen molar-refractivity contribution >= 4 is 23.5 Å². The molecule has 1 amide bonds. The fourth-order valence-corrected chi connectivity index (χ4v) is 2.29. The van der Waals surface area contributed by atoms with Gasteiger partial charge in [0.1, 0.15) is 11.3 Å². The molecule has 138 valence electrons. The van der Waals surface area contributed by atoms with Gasteiger partial charge in [-0.25, -0.2) is 4.79 Å². The highest BCUT2D eigenvalue weighted by Gasteiger charge is 2.15. The van der Waals surface area contributed by atoms with E-state index in [0.717, 1.165) is 5.56 Å². The molecule has 0 saturated heterocycles. The van der Waals surface area contributed by atoms with Crippen LogP contribution in [0, 0.1) is 0 Å². The first kappa shape index (κ1) is 19.4. The number of rotatable bonds is 7. The Labute approximate surface area is 155 Å². The minimum atomic E-state index is -0.841. The summed E-state index contributed by atoms with van der Waals surface area (Å²) < 4.78 is 15.2. The zero-order chi connectivity index (χ0) is 19.1. The molecule has 0 aliphatic carbocycles. The van der Waals surface area contributed by atoms with Crippen LogP contribution in [0.3, 0.4) is 0 Å². The van der Waals surface area contributed by atoms with Crippen molar-refractivity contribution in [2.45, 2.75) is 6.54 Å². The number of phenolic OH excluding ortho intramolecular Hbond substituents is 1. The van der Waals surface area contributed by atoms with Gasteiger partial charge in [-0.05, 0) is 35.9 Å². The maximum absolute atomic E-state index is 11.9. The first-order valence-electron chi connectivity index (χ1n) is 7.58. The van der Waals surface area contributed by atoms with E-state index in [4.69, 9.17) is 25.8 Å². The number of benzene rings is 2. The van der Waals surface area contributed by atoms with Gasteiger partial charge in [0.15, 0.2) is 18.1 Å². The molecule has 7 nitrogen and oxygen atoms in total. The number of ether oxygens (including phenoxy) is 3. The van der Waals surface area contributed by atoms with Crippen molar-refractivity contribution in [2.24, 2.45) is 0 Å². The molecule has 8 heteroatoms. The summed E-state index contributed by atoms with van der Waals surface area (Å²) in [5.41, 5.74) is 0.681. The number of carbonyl (C=O) groups excluding carboxylic acids is 2. The van der Waals surface area contributed by atoms with Crippen LogP contribution in [0.2, 0.25) is 5.02 Å². The standard InChI is InChI=1S/C18H18ClNO6/c1-24-15-6-3-11(7-16(15)25-2)9-20-17(22)10-26-18(23)13-8-12(19)4-5-14(13)21/h3-8,21H,9-10H2,1-2H3,(H,20,22). The van der Waals surface area contributed by atoms with E-state index in [1.54, 1.807) is 18.2 Å². The van der Waals surface area contributed by atoms with Crippen LogP contribution in [0.4, 0.5) is 0 Å². The van der Waals surface area contributed by atoms with Gasteiger partial charge in [0.25, 0.3) is 5.91 Å². The molecular formula is C18H18ClNO6. The van der Waals surface area contributed by atoms with Gasteiger partial charge < -0.3 is 24.6 Å². The topological polar surface area (TPSA) is 94.1 Å². The van der Waals surface area contributed by atoms with Crippen molar-refractivity contribution in [3.8, 4) is 17.2 Å². The predicted octanol–water partition coefficient (Wildman–Crippen LogP) is 2.54. The van der Waals surface area contributed by atoms with Crippen LogP contribution in [-0.2, 0) is 16.1 Å². The van der Waals surface area contributed by atoms with Gasteiger partial charge in [0, 0.05) is 11.6 Å². The largest absolute Gasteiger partial charge is 0.507 e. The van der Waals surface area contributed by atoms with Gasteiger partial charge in [0.2, 0.25) is 0 Å². The van der Waals surface area contributed by atoms with Crippen LogP contribution in [0.25, 0.3) is 0 Å². The third-order valence-electron chi connectivity index (χ3n) is 3.45. The Morgan fingerprint density at radius 2 is 1.81 bits per heavy atom. The van der Waals surface area contributed by atoms with Crippen molar-refractivity contribution in [3.63, 3.8) is 0 Å². The number of aromatic hydroxyl groups is 1. The highest BCUT2D eigenvalue weighted by molar-refractivity contribution is 6.31. The molecule has 0 heterocycles. The lowest BCUT2D eigenvalue weighted by Crippen LogP contribution is -2.28. The monoisotopic (exact) mass is 379 g/mol. The quantitative estimate of drug-likeness (QED) is 0.718. The molecule has 0 radical (unpaired) electrons. The number of hydrogen-bond acceptors (Lipinski definition) is 6. The fraction of sp³-hybridized carbons (Fsp3) is 0.222. The van der Waals surface area contributed by atoms with E-state index in [0.29, 0.717) is 11.5 Å². The molecule has 0 saturated carbocycles. The Bertz CT molecular complexity index is 808. The van der Waals surface area contributed by atoms with Gasteiger partial charge in [-0.2, -0.15) is 0 Å². The predicted molar refractivity (Wildman–Crippen MR) is 94.8 cm³/mol. The Morgan fingerprint density at radius 1 is 1.08 bits per heavy atom.